The van der Waals surface area contributed by atoms with Crippen LogP contribution in [-0.2, 0) is 0 Å². The zero-order valence-corrected chi connectivity index (χ0v) is 11.8. The third kappa shape index (κ3) is 2.43. The fourth-order valence-corrected chi connectivity index (χ4v) is 2.98. The molecule has 2 heterocycles. The van der Waals surface area contributed by atoms with Crippen LogP contribution in [0.5, 0.6) is 0 Å². The molecule has 0 unspecified atom stereocenters. The van der Waals surface area contributed by atoms with E-state index in [9.17, 15) is 4.39 Å². The van der Waals surface area contributed by atoms with Crippen molar-refractivity contribution in [2.24, 2.45) is 0 Å². The molecule has 19 heavy (non-hydrogen) atoms. The summed E-state index contributed by atoms with van der Waals surface area (Å²) in [4.78, 5) is 9.02. The van der Waals surface area contributed by atoms with Gasteiger partial charge in [-0.25, -0.2) is 9.37 Å². The first-order chi connectivity index (χ1) is 9.28. The Morgan fingerprint density at radius 1 is 1.21 bits per heavy atom. The van der Waals surface area contributed by atoms with Gasteiger partial charge < -0.3 is 4.98 Å². The zero-order valence-electron chi connectivity index (χ0n) is 10.2. The van der Waals surface area contributed by atoms with Crippen molar-refractivity contribution in [3.8, 4) is 21.8 Å². The normalized spacial score (nSPS) is 10.8. The van der Waals surface area contributed by atoms with Crippen LogP contribution in [0.4, 0.5) is 4.39 Å². The minimum atomic E-state index is -0.234. The summed E-state index contributed by atoms with van der Waals surface area (Å²) in [6.45, 7) is 0. The highest BCUT2D eigenvalue weighted by atomic mass is 32.2. The lowest BCUT2D eigenvalue weighted by Crippen LogP contribution is -1.82. The molecule has 0 saturated heterocycles. The molecule has 0 fully saturated rings. The summed E-state index contributed by atoms with van der Waals surface area (Å²) in [7, 11) is 0. The van der Waals surface area contributed by atoms with Crippen LogP contribution in [0.1, 0.15) is 0 Å². The molecule has 0 aliphatic rings. The van der Waals surface area contributed by atoms with Crippen molar-refractivity contribution in [2.45, 2.75) is 5.16 Å². The van der Waals surface area contributed by atoms with Gasteiger partial charge in [0.15, 0.2) is 5.16 Å². The van der Waals surface area contributed by atoms with Gasteiger partial charge in [0.05, 0.1) is 16.3 Å². The lowest BCUT2D eigenvalue weighted by atomic mass is 10.1. The first kappa shape index (κ1) is 12.4. The second kappa shape index (κ2) is 5.19. The molecule has 1 N–H and O–H groups in total. The van der Waals surface area contributed by atoms with E-state index in [-0.39, 0.29) is 5.82 Å². The fourth-order valence-electron chi connectivity index (χ4n) is 1.86. The molecule has 3 rings (SSSR count). The second-order valence-corrected chi connectivity index (χ2v) is 5.70. The monoisotopic (exact) mass is 290 g/mol. The number of hydrogen-bond acceptors (Lipinski definition) is 3. The molecular formula is C14H11FN2S2. The smallest absolute Gasteiger partial charge is 0.166 e. The van der Waals surface area contributed by atoms with Gasteiger partial charge in [0, 0.05) is 5.56 Å². The number of nitrogens with zero attached hydrogens (tertiary/aromatic N) is 1. The van der Waals surface area contributed by atoms with Crippen LogP contribution >= 0.6 is 23.1 Å². The largest absolute Gasteiger partial charge is 0.332 e. The molecule has 1 aromatic carbocycles. The van der Waals surface area contributed by atoms with Crippen molar-refractivity contribution in [1.29, 1.82) is 0 Å². The molecule has 0 radical (unpaired) electrons. The number of hydrogen-bond donors (Lipinski definition) is 1. The predicted octanol–water partition coefficient (Wildman–Crippen LogP) is 4.67. The quantitative estimate of drug-likeness (QED) is 0.710. The lowest BCUT2D eigenvalue weighted by molar-refractivity contribution is 0.628. The van der Waals surface area contributed by atoms with Gasteiger partial charge in [-0.1, -0.05) is 17.8 Å². The molecule has 0 aliphatic carbocycles. The number of aromatic amines is 1. The van der Waals surface area contributed by atoms with Crippen LogP contribution < -0.4 is 0 Å². The van der Waals surface area contributed by atoms with Crippen molar-refractivity contribution < 1.29 is 4.39 Å². The Labute approximate surface area is 118 Å². The number of thiophene rings is 1. The topological polar surface area (TPSA) is 28.7 Å². The summed E-state index contributed by atoms with van der Waals surface area (Å²) in [5, 5.41) is 2.89. The van der Waals surface area contributed by atoms with Gasteiger partial charge in [0.1, 0.15) is 5.82 Å². The minimum Gasteiger partial charge on any atom is -0.332 e. The van der Waals surface area contributed by atoms with Crippen LogP contribution in [0.2, 0.25) is 0 Å². The Kier molecular flexibility index (Phi) is 3.40. The maximum Gasteiger partial charge on any atom is 0.166 e. The van der Waals surface area contributed by atoms with Crippen molar-refractivity contribution in [1.82, 2.24) is 9.97 Å². The molecular weight excluding hydrogens is 279 g/mol. The number of benzene rings is 1. The third-order valence-corrected chi connectivity index (χ3v) is 4.23. The molecule has 0 atom stereocenters. The summed E-state index contributed by atoms with van der Waals surface area (Å²) in [5.41, 5.74) is 2.78. The summed E-state index contributed by atoms with van der Waals surface area (Å²) in [5.74, 6) is -0.234. The van der Waals surface area contributed by atoms with Crippen LogP contribution in [0.15, 0.2) is 46.9 Å². The van der Waals surface area contributed by atoms with Crippen molar-refractivity contribution in [3.63, 3.8) is 0 Å². The molecule has 0 amide bonds. The number of H-pyrrole nitrogens is 1. The minimum absolute atomic E-state index is 0.234. The number of imidazole rings is 1. The molecule has 0 spiro atoms. The van der Waals surface area contributed by atoms with Crippen LogP contribution in [0.25, 0.3) is 21.8 Å². The Morgan fingerprint density at radius 2 is 2.00 bits per heavy atom. The van der Waals surface area contributed by atoms with E-state index < -0.39 is 0 Å². The van der Waals surface area contributed by atoms with Gasteiger partial charge in [0.25, 0.3) is 0 Å². The number of halogens is 1. The van der Waals surface area contributed by atoms with E-state index in [4.69, 9.17) is 0 Å². The Hall–Kier alpha value is -1.59. The van der Waals surface area contributed by atoms with Crippen LogP contribution in [0.3, 0.4) is 0 Å². The molecule has 0 bridgehead atoms. The lowest BCUT2D eigenvalue weighted by Gasteiger charge is -2.00. The van der Waals surface area contributed by atoms with Gasteiger partial charge in [-0.2, -0.15) is 0 Å². The molecule has 3 aromatic rings. The van der Waals surface area contributed by atoms with Crippen molar-refractivity contribution in [2.75, 3.05) is 6.26 Å². The van der Waals surface area contributed by atoms with Crippen LogP contribution in [-0.4, -0.2) is 16.2 Å². The van der Waals surface area contributed by atoms with E-state index in [1.165, 1.54) is 12.1 Å². The highest BCUT2D eigenvalue weighted by Gasteiger charge is 2.14. The second-order valence-electron chi connectivity index (χ2n) is 3.95. The van der Waals surface area contributed by atoms with E-state index in [0.717, 1.165) is 27.0 Å². The summed E-state index contributed by atoms with van der Waals surface area (Å²) in [6, 6.07) is 10.5. The molecule has 5 heteroatoms. The number of thioether (sulfide) groups is 1. The number of aromatic nitrogens is 2. The fraction of sp³-hybridized carbons (Fsp3) is 0.0714. The average molecular weight is 290 g/mol. The van der Waals surface area contributed by atoms with Crippen molar-refractivity contribution in [3.05, 3.63) is 47.6 Å². The number of rotatable bonds is 3. The van der Waals surface area contributed by atoms with Crippen molar-refractivity contribution >= 4 is 23.1 Å². The van der Waals surface area contributed by atoms with Gasteiger partial charge >= 0.3 is 0 Å². The number of nitrogens with one attached hydrogen (secondary N) is 1. The van der Waals surface area contributed by atoms with E-state index >= 15 is 0 Å². The average Bonchev–Trinajstić information content (AvgIpc) is 3.08. The Balaban J connectivity index is 2.14. The van der Waals surface area contributed by atoms with E-state index in [2.05, 4.69) is 16.0 Å². The maximum atomic E-state index is 13.0. The first-order valence-corrected chi connectivity index (χ1v) is 7.82. The van der Waals surface area contributed by atoms with Gasteiger partial charge in [-0.15, -0.1) is 11.3 Å². The zero-order chi connectivity index (χ0) is 13.2. The van der Waals surface area contributed by atoms with Gasteiger partial charge in [-0.3, -0.25) is 0 Å². The molecule has 2 nitrogen and oxygen atoms in total. The molecule has 0 aliphatic heterocycles. The molecule has 2 aromatic heterocycles. The Bertz CT molecular complexity index is 672. The third-order valence-electron chi connectivity index (χ3n) is 2.76. The molecule has 0 saturated carbocycles. The SMILES string of the molecule is CSc1nc(-c2ccc(F)cc2)c(-c2cccs2)[nH]1. The summed E-state index contributed by atoms with van der Waals surface area (Å²) >= 11 is 3.22. The molecule has 96 valence electrons. The van der Waals surface area contributed by atoms with E-state index in [1.54, 1.807) is 35.2 Å². The standard InChI is InChI=1S/C14H11FN2S2/c1-18-14-16-12(9-4-6-10(15)7-5-9)13(17-14)11-3-2-8-19-11/h2-8H,1H3,(H,16,17). The van der Waals surface area contributed by atoms with Gasteiger partial charge in [0.2, 0.25) is 0 Å². The highest BCUT2D eigenvalue weighted by Crippen LogP contribution is 2.34. The van der Waals surface area contributed by atoms with Gasteiger partial charge in [-0.05, 0) is 42.0 Å². The maximum absolute atomic E-state index is 13.0. The first-order valence-electron chi connectivity index (χ1n) is 5.72. The van der Waals surface area contributed by atoms with E-state index in [1.807, 2.05) is 17.7 Å². The predicted molar refractivity (Wildman–Crippen MR) is 79.1 cm³/mol. The van der Waals surface area contributed by atoms with E-state index in [0.29, 0.717) is 0 Å². The Morgan fingerprint density at radius 3 is 2.63 bits per heavy atom. The summed E-state index contributed by atoms with van der Waals surface area (Å²) in [6.07, 6.45) is 1.98. The highest BCUT2D eigenvalue weighted by molar-refractivity contribution is 7.98. The summed E-state index contributed by atoms with van der Waals surface area (Å²) < 4.78 is 13.0. The van der Waals surface area contributed by atoms with Crippen LogP contribution in [0, 0.1) is 5.82 Å².